The number of hydrogen-bond acceptors (Lipinski definition) is 2. The minimum atomic E-state index is -4.02. The van der Waals surface area contributed by atoms with E-state index < -0.39 is 12.1 Å². The van der Waals surface area contributed by atoms with E-state index in [1.165, 1.54) is 12.8 Å². The molecule has 2 atom stereocenters. The molecule has 0 bridgehead atoms. The zero-order chi connectivity index (χ0) is 13.2. The number of rotatable bonds is 5. The van der Waals surface area contributed by atoms with Crippen molar-refractivity contribution in [1.29, 1.82) is 0 Å². The zero-order valence-electron chi connectivity index (χ0n) is 11.0. The SMILES string of the molecule is CCNC(CN1CCCC(C(F)(F)F)C1)C1CC1. The first-order chi connectivity index (χ1) is 8.50. The summed E-state index contributed by atoms with van der Waals surface area (Å²) < 4.78 is 38.2. The fourth-order valence-corrected chi connectivity index (χ4v) is 2.91. The quantitative estimate of drug-likeness (QED) is 0.821. The minimum absolute atomic E-state index is 0.193. The predicted molar refractivity (Wildman–Crippen MR) is 65.4 cm³/mol. The lowest BCUT2D eigenvalue weighted by atomic mass is 9.97. The molecule has 1 N–H and O–H groups in total. The molecule has 2 fully saturated rings. The number of likely N-dealkylation sites (tertiary alicyclic amines) is 1. The van der Waals surface area contributed by atoms with Gasteiger partial charge in [-0.3, -0.25) is 0 Å². The first kappa shape index (κ1) is 14.1. The second-order valence-electron chi connectivity index (χ2n) is 5.64. The van der Waals surface area contributed by atoms with Crippen molar-refractivity contribution < 1.29 is 13.2 Å². The average molecular weight is 264 g/mol. The molecule has 0 aromatic heterocycles. The van der Waals surface area contributed by atoms with Crippen molar-refractivity contribution in [2.45, 2.75) is 44.8 Å². The smallest absolute Gasteiger partial charge is 0.313 e. The molecule has 1 saturated carbocycles. The van der Waals surface area contributed by atoms with Gasteiger partial charge in [0.2, 0.25) is 0 Å². The van der Waals surface area contributed by atoms with Crippen molar-refractivity contribution in [3.63, 3.8) is 0 Å². The molecular weight excluding hydrogens is 241 g/mol. The van der Waals surface area contributed by atoms with Crippen molar-refractivity contribution in [2.24, 2.45) is 11.8 Å². The van der Waals surface area contributed by atoms with E-state index >= 15 is 0 Å². The zero-order valence-corrected chi connectivity index (χ0v) is 11.0. The van der Waals surface area contributed by atoms with Crippen LogP contribution < -0.4 is 5.32 Å². The van der Waals surface area contributed by atoms with Crippen molar-refractivity contribution in [2.75, 3.05) is 26.2 Å². The van der Waals surface area contributed by atoms with Gasteiger partial charge in [-0.25, -0.2) is 0 Å². The maximum absolute atomic E-state index is 12.7. The van der Waals surface area contributed by atoms with Gasteiger partial charge in [0.15, 0.2) is 0 Å². The first-order valence-electron chi connectivity index (χ1n) is 7.03. The predicted octanol–water partition coefficient (Wildman–Crippen LogP) is 2.65. The monoisotopic (exact) mass is 264 g/mol. The number of hydrogen-bond donors (Lipinski definition) is 1. The molecule has 1 heterocycles. The molecule has 0 radical (unpaired) electrons. The molecule has 2 rings (SSSR count). The molecule has 1 aliphatic heterocycles. The van der Waals surface area contributed by atoms with Crippen molar-refractivity contribution in [3.8, 4) is 0 Å². The van der Waals surface area contributed by atoms with Crippen LogP contribution in [0.4, 0.5) is 13.2 Å². The summed E-state index contributed by atoms with van der Waals surface area (Å²) >= 11 is 0. The molecule has 2 aliphatic rings. The van der Waals surface area contributed by atoms with Gasteiger partial charge in [-0.2, -0.15) is 13.2 Å². The molecule has 2 unspecified atom stereocenters. The summed E-state index contributed by atoms with van der Waals surface area (Å²) in [5, 5.41) is 3.42. The summed E-state index contributed by atoms with van der Waals surface area (Å²) in [6.07, 6.45) is -0.586. The Kier molecular flexibility index (Phi) is 4.54. The van der Waals surface area contributed by atoms with Gasteiger partial charge in [0, 0.05) is 19.1 Å². The Bertz CT molecular complexity index is 263. The third-order valence-corrected chi connectivity index (χ3v) is 4.08. The van der Waals surface area contributed by atoms with Crippen LogP contribution in [0.2, 0.25) is 0 Å². The highest BCUT2D eigenvalue weighted by molar-refractivity contribution is 4.90. The summed E-state index contributed by atoms with van der Waals surface area (Å²) in [7, 11) is 0. The highest BCUT2D eigenvalue weighted by atomic mass is 19.4. The maximum atomic E-state index is 12.7. The van der Waals surface area contributed by atoms with Gasteiger partial charge in [0.1, 0.15) is 0 Å². The molecule has 18 heavy (non-hydrogen) atoms. The molecule has 106 valence electrons. The Labute approximate surface area is 107 Å². The van der Waals surface area contributed by atoms with E-state index in [0.29, 0.717) is 24.8 Å². The molecule has 1 aliphatic carbocycles. The largest absolute Gasteiger partial charge is 0.393 e. The molecule has 0 spiro atoms. The molecule has 0 aromatic carbocycles. The maximum Gasteiger partial charge on any atom is 0.393 e. The van der Waals surface area contributed by atoms with Crippen LogP contribution in [0.5, 0.6) is 0 Å². The number of likely N-dealkylation sites (N-methyl/N-ethyl adjacent to an activating group) is 1. The number of piperidine rings is 1. The van der Waals surface area contributed by atoms with E-state index in [4.69, 9.17) is 0 Å². The van der Waals surface area contributed by atoms with Crippen LogP contribution in [-0.4, -0.2) is 43.3 Å². The number of nitrogens with one attached hydrogen (secondary N) is 1. The molecular formula is C13H23F3N2. The molecule has 1 saturated heterocycles. The molecule has 0 aromatic rings. The normalized spacial score (nSPS) is 28.3. The Balaban J connectivity index is 1.84. The summed E-state index contributed by atoms with van der Waals surface area (Å²) in [5.41, 5.74) is 0. The second-order valence-corrected chi connectivity index (χ2v) is 5.64. The van der Waals surface area contributed by atoms with E-state index in [1.54, 1.807) is 0 Å². The topological polar surface area (TPSA) is 15.3 Å². The van der Waals surface area contributed by atoms with Crippen molar-refractivity contribution in [3.05, 3.63) is 0 Å². The fourth-order valence-electron chi connectivity index (χ4n) is 2.91. The van der Waals surface area contributed by atoms with Gasteiger partial charge in [-0.05, 0) is 44.7 Å². The Morgan fingerprint density at radius 2 is 2.00 bits per heavy atom. The van der Waals surface area contributed by atoms with Crippen molar-refractivity contribution in [1.82, 2.24) is 10.2 Å². The second kappa shape index (κ2) is 5.78. The highest BCUT2D eigenvalue weighted by Gasteiger charge is 2.42. The van der Waals surface area contributed by atoms with Crippen LogP contribution in [0, 0.1) is 11.8 Å². The van der Waals surface area contributed by atoms with Crippen LogP contribution in [0.15, 0.2) is 0 Å². The highest BCUT2D eigenvalue weighted by Crippen LogP contribution is 2.35. The van der Waals surface area contributed by atoms with Crippen LogP contribution in [0.1, 0.15) is 32.6 Å². The summed E-state index contributed by atoms with van der Waals surface area (Å²) in [4.78, 5) is 2.01. The lowest BCUT2D eigenvalue weighted by molar-refractivity contribution is -0.186. The number of halogens is 3. The van der Waals surface area contributed by atoms with E-state index in [9.17, 15) is 13.2 Å². The third kappa shape index (κ3) is 3.85. The van der Waals surface area contributed by atoms with Crippen LogP contribution >= 0.6 is 0 Å². The van der Waals surface area contributed by atoms with Gasteiger partial charge in [-0.15, -0.1) is 0 Å². The van der Waals surface area contributed by atoms with Gasteiger partial charge < -0.3 is 10.2 Å². The van der Waals surface area contributed by atoms with Gasteiger partial charge in [-0.1, -0.05) is 6.92 Å². The van der Waals surface area contributed by atoms with Gasteiger partial charge >= 0.3 is 6.18 Å². The van der Waals surface area contributed by atoms with E-state index in [2.05, 4.69) is 12.2 Å². The van der Waals surface area contributed by atoms with Crippen LogP contribution in [-0.2, 0) is 0 Å². The number of alkyl halides is 3. The Morgan fingerprint density at radius 1 is 1.28 bits per heavy atom. The van der Waals surface area contributed by atoms with Crippen LogP contribution in [0.25, 0.3) is 0 Å². The molecule has 2 nitrogen and oxygen atoms in total. The lowest BCUT2D eigenvalue weighted by Crippen LogP contribution is -2.48. The molecule has 0 amide bonds. The lowest BCUT2D eigenvalue weighted by Gasteiger charge is -2.36. The number of nitrogens with zero attached hydrogens (tertiary/aromatic N) is 1. The van der Waals surface area contributed by atoms with Crippen molar-refractivity contribution >= 4 is 0 Å². The van der Waals surface area contributed by atoms with Gasteiger partial charge in [0.05, 0.1) is 5.92 Å². The fraction of sp³-hybridized carbons (Fsp3) is 1.00. The van der Waals surface area contributed by atoms with E-state index in [0.717, 1.165) is 19.6 Å². The average Bonchev–Trinajstić information content (AvgIpc) is 3.11. The Morgan fingerprint density at radius 3 is 2.56 bits per heavy atom. The Hall–Kier alpha value is -0.290. The third-order valence-electron chi connectivity index (χ3n) is 4.08. The first-order valence-corrected chi connectivity index (χ1v) is 7.03. The van der Waals surface area contributed by atoms with Gasteiger partial charge in [0.25, 0.3) is 0 Å². The summed E-state index contributed by atoms with van der Waals surface area (Å²) in [5.74, 6) is -0.427. The van der Waals surface area contributed by atoms with E-state index in [-0.39, 0.29) is 6.54 Å². The summed E-state index contributed by atoms with van der Waals surface area (Å²) in [6, 6.07) is 0.391. The van der Waals surface area contributed by atoms with Crippen LogP contribution in [0.3, 0.4) is 0 Å². The minimum Gasteiger partial charge on any atom is -0.313 e. The molecule has 5 heteroatoms. The standard InChI is InChI=1S/C13H23F3N2/c1-2-17-12(10-5-6-10)9-18-7-3-4-11(8-18)13(14,15)16/h10-12,17H,2-9H2,1H3. The summed E-state index contributed by atoms with van der Waals surface area (Å²) in [6.45, 7) is 4.76. The van der Waals surface area contributed by atoms with E-state index in [1.807, 2.05) is 4.90 Å².